The van der Waals surface area contributed by atoms with E-state index in [9.17, 15) is 8.42 Å². The monoisotopic (exact) mass is 314 g/mol. The van der Waals surface area contributed by atoms with E-state index in [1.165, 1.54) is 6.26 Å². The molecule has 0 aliphatic carbocycles. The van der Waals surface area contributed by atoms with Gasteiger partial charge in [0.2, 0.25) is 0 Å². The molecule has 114 valence electrons. The molecule has 2 aromatic carbocycles. The predicted molar refractivity (Wildman–Crippen MR) is 87.2 cm³/mol. The van der Waals surface area contributed by atoms with Crippen molar-refractivity contribution >= 4 is 15.5 Å². The summed E-state index contributed by atoms with van der Waals surface area (Å²) in [7, 11) is -3.19. The minimum atomic E-state index is -3.19. The van der Waals surface area contributed by atoms with Crippen LogP contribution >= 0.6 is 0 Å². The summed E-state index contributed by atoms with van der Waals surface area (Å²) in [5.74, 6) is 0. The maximum Gasteiger partial charge on any atom is 0.175 e. The van der Waals surface area contributed by atoms with Crippen LogP contribution in [0.25, 0.3) is 0 Å². The van der Waals surface area contributed by atoms with E-state index < -0.39 is 9.84 Å². The van der Waals surface area contributed by atoms with Crippen LogP contribution in [0.4, 0.5) is 5.69 Å². The van der Waals surface area contributed by atoms with Crippen LogP contribution in [-0.2, 0) is 9.84 Å². The number of hydrogen-bond acceptors (Lipinski definition) is 4. The quantitative estimate of drug-likeness (QED) is 0.885. The van der Waals surface area contributed by atoms with Crippen molar-refractivity contribution < 1.29 is 8.42 Å². The second-order valence-electron chi connectivity index (χ2n) is 5.10. The number of rotatable bonds is 6. The van der Waals surface area contributed by atoms with Crippen molar-refractivity contribution in [1.82, 2.24) is 0 Å². The third-order valence-electron chi connectivity index (χ3n) is 3.37. The number of nitrogens with zero attached hydrogens (tertiary/aromatic N) is 1. The lowest BCUT2D eigenvalue weighted by atomic mass is 10.0. The lowest BCUT2D eigenvalue weighted by Crippen LogP contribution is -2.10. The van der Waals surface area contributed by atoms with Crippen molar-refractivity contribution in [2.24, 2.45) is 0 Å². The van der Waals surface area contributed by atoms with E-state index in [1.54, 1.807) is 24.3 Å². The molecule has 0 fully saturated rings. The molecule has 0 aliphatic heterocycles. The summed E-state index contributed by atoms with van der Waals surface area (Å²) in [5, 5.41) is 12.2. The van der Waals surface area contributed by atoms with Gasteiger partial charge in [0.1, 0.15) is 0 Å². The first kappa shape index (κ1) is 16.1. The van der Waals surface area contributed by atoms with Crippen LogP contribution in [0.5, 0.6) is 0 Å². The van der Waals surface area contributed by atoms with Gasteiger partial charge in [-0.15, -0.1) is 0 Å². The first-order valence-electron chi connectivity index (χ1n) is 6.99. The number of anilines is 1. The third kappa shape index (κ3) is 4.34. The SMILES string of the molecule is CS(=O)(=O)c1ccc(NC(CCC#N)c2ccccc2)cc1. The Bertz CT molecular complexity index is 747. The second-order valence-corrected chi connectivity index (χ2v) is 7.12. The fourth-order valence-electron chi connectivity index (χ4n) is 2.22. The molecule has 0 aromatic heterocycles. The number of benzene rings is 2. The fraction of sp³-hybridized carbons (Fsp3) is 0.235. The van der Waals surface area contributed by atoms with Gasteiger partial charge in [-0.2, -0.15) is 5.26 Å². The van der Waals surface area contributed by atoms with E-state index in [1.807, 2.05) is 30.3 Å². The molecule has 2 aromatic rings. The first-order chi connectivity index (χ1) is 10.5. The molecule has 0 amide bonds. The summed E-state index contributed by atoms with van der Waals surface area (Å²) < 4.78 is 22.9. The number of sulfone groups is 1. The summed E-state index contributed by atoms with van der Waals surface area (Å²) in [6.45, 7) is 0. The van der Waals surface area contributed by atoms with Crippen molar-refractivity contribution in [3.63, 3.8) is 0 Å². The molecule has 1 atom stereocenters. The molecule has 0 saturated carbocycles. The highest BCUT2D eigenvalue weighted by atomic mass is 32.2. The number of nitrogens with one attached hydrogen (secondary N) is 1. The lowest BCUT2D eigenvalue weighted by Gasteiger charge is -2.19. The van der Waals surface area contributed by atoms with Crippen LogP contribution in [0, 0.1) is 11.3 Å². The Morgan fingerprint density at radius 1 is 1.09 bits per heavy atom. The van der Waals surface area contributed by atoms with Crippen molar-refractivity contribution in [2.45, 2.75) is 23.8 Å². The highest BCUT2D eigenvalue weighted by molar-refractivity contribution is 7.90. The molecular formula is C17H18N2O2S. The topological polar surface area (TPSA) is 70.0 Å². The van der Waals surface area contributed by atoms with Gasteiger partial charge in [-0.3, -0.25) is 0 Å². The molecular weight excluding hydrogens is 296 g/mol. The average Bonchev–Trinajstić information content (AvgIpc) is 2.52. The average molecular weight is 314 g/mol. The Morgan fingerprint density at radius 2 is 1.73 bits per heavy atom. The number of nitriles is 1. The summed E-state index contributed by atoms with van der Waals surface area (Å²) >= 11 is 0. The standard InChI is InChI=1S/C17H18N2O2S/c1-22(20,21)16-11-9-15(10-12-16)19-17(8-5-13-18)14-6-3-2-4-7-14/h2-4,6-7,9-12,17,19H,5,8H2,1H3. The minimum Gasteiger partial charge on any atom is -0.378 e. The summed E-state index contributed by atoms with van der Waals surface area (Å²) in [4.78, 5) is 0.298. The van der Waals surface area contributed by atoms with Gasteiger partial charge in [-0.1, -0.05) is 30.3 Å². The fourth-order valence-corrected chi connectivity index (χ4v) is 2.85. The molecule has 0 radical (unpaired) electrons. The van der Waals surface area contributed by atoms with Crippen molar-refractivity contribution in [1.29, 1.82) is 5.26 Å². The van der Waals surface area contributed by atoms with Gasteiger partial charge in [0, 0.05) is 18.4 Å². The predicted octanol–water partition coefficient (Wildman–Crippen LogP) is 3.55. The molecule has 5 heteroatoms. The van der Waals surface area contributed by atoms with Gasteiger partial charge < -0.3 is 5.32 Å². The zero-order chi connectivity index (χ0) is 16.0. The van der Waals surface area contributed by atoms with E-state index in [-0.39, 0.29) is 6.04 Å². The van der Waals surface area contributed by atoms with Crippen molar-refractivity contribution in [2.75, 3.05) is 11.6 Å². The van der Waals surface area contributed by atoms with Crippen LogP contribution in [-0.4, -0.2) is 14.7 Å². The normalized spacial score (nSPS) is 12.4. The van der Waals surface area contributed by atoms with Gasteiger partial charge in [-0.25, -0.2) is 8.42 Å². The largest absolute Gasteiger partial charge is 0.378 e. The van der Waals surface area contributed by atoms with Gasteiger partial charge in [0.25, 0.3) is 0 Å². The van der Waals surface area contributed by atoms with E-state index in [0.29, 0.717) is 17.7 Å². The summed E-state index contributed by atoms with van der Waals surface area (Å²) in [6.07, 6.45) is 2.33. The summed E-state index contributed by atoms with van der Waals surface area (Å²) in [6, 6.07) is 18.8. The van der Waals surface area contributed by atoms with Crippen LogP contribution < -0.4 is 5.32 Å². The zero-order valence-electron chi connectivity index (χ0n) is 12.4. The Kier molecular flexibility index (Phi) is 5.18. The van der Waals surface area contributed by atoms with Crippen LogP contribution in [0.15, 0.2) is 59.5 Å². The van der Waals surface area contributed by atoms with E-state index >= 15 is 0 Å². The maximum atomic E-state index is 11.5. The summed E-state index contributed by atoms with van der Waals surface area (Å²) in [5.41, 5.74) is 1.93. The highest BCUT2D eigenvalue weighted by Crippen LogP contribution is 2.24. The van der Waals surface area contributed by atoms with Gasteiger partial charge in [-0.05, 0) is 36.2 Å². The Morgan fingerprint density at radius 3 is 2.27 bits per heavy atom. The zero-order valence-corrected chi connectivity index (χ0v) is 13.2. The minimum absolute atomic E-state index is 0.0185. The van der Waals surface area contributed by atoms with Gasteiger partial charge in [0.15, 0.2) is 9.84 Å². The van der Waals surface area contributed by atoms with Crippen LogP contribution in [0.2, 0.25) is 0 Å². The van der Waals surface area contributed by atoms with Gasteiger partial charge >= 0.3 is 0 Å². The lowest BCUT2D eigenvalue weighted by molar-refractivity contribution is 0.602. The molecule has 1 unspecified atom stereocenters. The molecule has 0 aliphatic rings. The van der Waals surface area contributed by atoms with Crippen LogP contribution in [0.1, 0.15) is 24.4 Å². The van der Waals surface area contributed by atoms with E-state index in [2.05, 4.69) is 11.4 Å². The Balaban J connectivity index is 2.19. The molecule has 0 saturated heterocycles. The first-order valence-corrected chi connectivity index (χ1v) is 8.88. The van der Waals surface area contributed by atoms with Crippen LogP contribution in [0.3, 0.4) is 0 Å². The van der Waals surface area contributed by atoms with Gasteiger partial charge in [0.05, 0.1) is 17.0 Å². The number of hydrogen-bond donors (Lipinski definition) is 1. The molecule has 0 bridgehead atoms. The van der Waals surface area contributed by atoms with E-state index in [0.717, 1.165) is 11.3 Å². The molecule has 1 N–H and O–H groups in total. The van der Waals surface area contributed by atoms with Crippen molar-refractivity contribution in [3.05, 3.63) is 60.2 Å². The maximum absolute atomic E-state index is 11.5. The molecule has 22 heavy (non-hydrogen) atoms. The van der Waals surface area contributed by atoms with E-state index in [4.69, 9.17) is 5.26 Å². The molecule has 0 spiro atoms. The van der Waals surface area contributed by atoms with Crippen molar-refractivity contribution in [3.8, 4) is 6.07 Å². The molecule has 4 nitrogen and oxygen atoms in total. The highest BCUT2D eigenvalue weighted by Gasteiger charge is 2.12. The Hall–Kier alpha value is -2.32. The third-order valence-corrected chi connectivity index (χ3v) is 4.50. The molecule has 0 heterocycles. The Labute approximate surface area is 131 Å². The smallest absolute Gasteiger partial charge is 0.175 e. The molecule has 2 rings (SSSR count). The second kappa shape index (κ2) is 7.10.